The van der Waals surface area contributed by atoms with Crippen molar-refractivity contribution in [2.45, 2.75) is 57.9 Å². The molecule has 0 heterocycles. The Labute approximate surface area is 104 Å². The predicted octanol–water partition coefficient (Wildman–Crippen LogP) is 4.06. The van der Waals surface area contributed by atoms with Gasteiger partial charge in [0.15, 0.2) is 0 Å². The first-order chi connectivity index (χ1) is 8.22. The zero-order valence-corrected chi connectivity index (χ0v) is 10.8. The van der Waals surface area contributed by atoms with E-state index >= 15 is 0 Å². The molecule has 0 saturated carbocycles. The van der Waals surface area contributed by atoms with Gasteiger partial charge in [0.1, 0.15) is 5.82 Å². The topological polar surface area (TPSA) is 26.0 Å². The highest BCUT2D eigenvalue weighted by Gasteiger charge is 2.04. The number of unbranched alkanes of at least 4 members (excludes halogenated alkanes) is 4. The lowest BCUT2D eigenvalue weighted by Gasteiger charge is -2.11. The number of hydrogen-bond donors (Lipinski definition) is 1. The Bertz CT molecular complexity index is 312. The zero-order chi connectivity index (χ0) is 12.5. The summed E-state index contributed by atoms with van der Waals surface area (Å²) in [5.41, 5.74) is 7.05. The van der Waals surface area contributed by atoms with E-state index in [1.54, 1.807) is 12.1 Å². The molecule has 0 amide bonds. The van der Waals surface area contributed by atoms with Crippen LogP contribution >= 0.6 is 0 Å². The van der Waals surface area contributed by atoms with Crippen molar-refractivity contribution < 1.29 is 4.39 Å². The molecule has 0 aliphatic carbocycles. The molecule has 1 aromatic rings. The summed E-state index contributed by atoms with van der Waals surface area (Å²) in [6, 6.07) is 6.91. The number of hydrogen-bond acceptors (Lipinski definition) is 1. The molecule has 0 bridgehead atoms. The van der Waals surface area contributed by atoms with Crippen molar-refractivity contribution in [3.63, 3.8) is 0 Å². The molecule has 0 aliphatic heterocycles. The Morgan fingerprint density at radius 1 is 1.18 bits per heavy atom. The Morgan fingerprint density at radius 3 is 2.65 bits per heavy atom. The number of benzene rings is 1. The van der Waals surface area contributed by atoms with Gasteiger partial charge in [-0.2, -0.15) is 0 Å². The standard InChI is InChI=1S/C15H24FN/c1-2-3-4-5-6-10-15(17)12-13-8-7-9-14(16)11-13/h7-9,11,15H,2-6,10,12,17H2,1H3. The highest BCUT2D eigenvalue weighted by Crippen LogP contribution is 2.11. The van der Waals surface area contributed by atoms with Gasteiger partial charge in [0, 0.05) is 6.04 Å². The Morgan fingerprint density at radius 2 is 1.94 bits per heavy atom. The van der Waals surface area contributed by atoms with Crippen LogP contribution in [0.3, 0.4) is 0 Å². The van der Waals surface area contributed by atoms with Gasteiger partial charge in [-0.1, -0.05) is 51.2 Å². The molecule has 1 aromatic carbocycles. The summed E-state index contributed by atoms with van der Waals surface area (Å²) in [6.45, 7) is 2.22. The van der Waals surface area contributed by atoms with Crippen molar-refractivity contribution in [3.8, 4) is 0 Å². The van der Waals surface area contributed by atoms with Crippen molar-refractivity contribution >= 4 is 0 Å². The summed E-state index contributed by atoms with van der Waals surface area (Å²) >= 11 is 0. The molecule has 0 spiro atoms. The van der Waals surface area contributed by atoms with Gasteiger partial charge >= 0.3 is 0 Å². The monoisotopic (exact) mass is 237 g/mol. The van der Waals surface area contributed by atoms with Crippen LogP contribution in [0.2, 0.25) is 0 Å². The zero-order valence-electron chi connectivity index (χ0n) is 10.8. The summed E-state index contributed by atoms with van der Waals surface area (Å²) in [5, 5.41) is 0. The average Bonchev–Trinajstić information content (AvgIpc) is 2.29. The molecular weight excluding hydrogens is 213 g/mol. The maximum atomic E-state index is 13.0. The van der Waals surface area contributed by atoms with Crippen LogP contribution in [0, 0.1) is 5.82 Å². The Hall–Kier alpha value is -0.890. The highest BCUT2D eigenvalue weighted by atomic mass is 19.1. The number of nitrogens with two attached hydrogens (primary N) is 1. The van der Waals surface area contributed by atoms with E-state index in [0.29, 0.717) is 0 Å². The van der Waals surface area contributed by atoms with Crippen LogP contribution in [0.25, 0.3) is 0 Å². The first kappa shape index (κ1) is 14.2. The number of halogens is 1. The summed E-state index contributed by atoms with van der Waals surface area (Å²) in [7, 11) is 0. The SMILES string of the molecule is CCCCCCCC(N)Cc1cccc(F)c1. The van der Waals surface area contributed by atoms with Gasteiger partial charge in [0.05, 0.1) is 0 Å². The molecule has 0 fully saturated rings. The van der Waals surface area contributed by atoms with E-state index in [2.05, 4.69) is 6.92 Å². The van der Waals surface area contributed by atoms with Gasteiger partial charge in [0.25, 0.3) is 0 Å². The fourth-order valence-corrected chi connectivity index (χ4v) is 2.08. The second-order valence-electron chi connectivity index (χ2n) is 4.80. The molecule has 0 radical (unpaired) electrons. The molecule has 1 unspecified atom stereocenters. The molecule has 96 valence electrons. The first-order valence-electron chi connectivity index (χ1n) is 6.72. The normalized spacial score (nSPS) is 12.6. The van der Waals surface area contributed by atoms with E-state index in [-0.39, 0.29) is 11.9 Å². The molecule has 1 rings (SSSR count). The van der Waals surface area contributed by atoms with E-state index in [1.807, 2.05) is 6.07 Å². The minimum atomic E-state index is -0.169. The lowest BCUT2D eigenvalue weighted by atomic mass is 10.0. The van der Waals surface area contributed by atoms with Crippen LogP contribution in [0.1, 0.15) is 51.0 Å². The van der Waals surface area contributed by atoms with Gasteiger partial charge in [-0.15, -0.1) is 0 Å². The molecular formula is C15H24FN. The molecule has 1 atom stereocenters. The van der Waals surface area contributed by atoms with Crippen molar-refractivity contribution in [2.75, 3.05) is 0 Å². The third-order valence-electron chi connectivity index (χ3n) is 3.07. The third kappa shape index (κ3) is 6.42. The summed E-state index contributed by atoms with van der Waals surface area (Å²) in [5.74, 6) is -0.169. The summed E-state index contributed by atoms with van der Waals surface area (Å²) in [6.07, 6.45) is 8.19. The predicted molar refractivity (Wildman–Crippen MR) is 71.5 cm³/mol. The lowest BCUT2D eigenvalue weighted by Crippen LogP contribution is -2.22. The number of rotatable bonds is 8. The second-order valence-corrected chi connectivity index (χ2v) is 4.80. The van der Waals surface area contributed by atoms with Gasteiger partial charge in [-0.3, -0.25) is 0 Å². The fraction of sp³-hybridized carbons (Fsp3) is 0.600. The molecule has 0 aromatic heterocycles. The maximum Gasteiger partial charge on any atom is 0.123 e. The van der Waals surface area contributed by atoms with Gasteiger partial charge < -0.3 is 5.73 Å². The molecule has 0 saturated heterocycles. The lowest BCUT2D eigenvalue weighted by molar-refractivity contribution is 0.536. The van der Waals surface area contributed by atoms with E-state index in [4.69, 9.17) is 5.73 Å². The fourth-order valence-electron chi connectivity index (χ4n) is 2.08. The Balaban J connectivity index is 2.18. The minimum absolute atomic E-state index is 0.165. The van der Waals surface area contributed by atoms with Crippen molar-refractivity contribution in [2.24, 2.45) is 5.73 Å². The molecule has 17 heavy (non-hydrogen) atoms. The first-order valence-corrected chi connectivity index (χ1v) is 6.72. The molecule has 2 heteroatoms. The van der Waals surface area contributed by atoms with Crippen LogP contribution < -0.4 is 5.73 Å². The van der Waals surface area contributed by atoms with Gasteiger partial charge in [0.2, 0.25) is 0 Å². The maximum absolute atomic E-state index is 13.0. The van der Waals surface area contributed by atoms with Crippen LogP contribution in [0.15, 0.2) is 24.3 Å². The van der Waals surface area contributed by atoms with Crippen LogP contribution in [-0.2, 0) is 6.42 Å². The second kappa shape index (κ2) is 8.24. The van der Waals surface area contributed by atoms with Crippen molar-refractivity contribution in [1.29, 1.82) is 0 Å². The van der Waals surface area contributed by atoms with Crippen molar-refractivity contribution in [3.05, 3.63) is 35.6 Å². The largest absolute Gasteiger partial charge is 0.327 e. The van der Waals surface area contributed by atoms with Crippen molar-refractivity contribution in [1.82, 2.24) is 0 Å². The third-order valence-corrected chi connectivity index (χ3v) is 3.07. The quantitative estimate of drug-likeness (QED) is 0.678. The van der Waals surface area contributed by atoms with E-state index in [9.17, 15) is 4.39 Å². The summed E-state index contributed by atoms with van der Waals surface area (Å²) < 4.78 is 13.0. The molecule has 0 aliphatic rings. The molecule has 2 N–H and O–H groups in total. The summed E-state index contributed by atoms with van der Waals surface area (Å²) in [4.78, 5) is 0. The highest BCUT2D eigenvalue weighted by molar-refractivity contribution is 5.17. The molecule has 1 nitrogen and oxygen atoms in total. The average molecular weight is 237 g/mol. The van der Waals surface area contributed by atoms with Gasteiger partial charge in [-0.05, 0) is 30.5 Å². The van der Waals surface area contributed by atoms with Crippen LogP contribution in [0.5, 0.6) is 0 Å². The minimum Gasteiger partial charge on any atom is -0.327 e. The van der Waals surface area contributed by atoms with E-state index < -0.39 is 0 Å². The van der Waals surface area contributed by atoms with Gasteiger partial charge in [-0.25, -0.2) is 4.39 Å². The Kier molecular flexibility index (Phi) is 6.87. The van der Waals surface area contributed by atoms with E-state index in [1.165, 1.54) is 38.2 Å². The van der Waals surface area contributed by atoms with E-state index in [0.717, 1.165) is 18.4 Å². The van der Waals surface area contributed by atoms with Crippen LogP contribution in [0.4, 0.5) is 4.39 Å². The van der Waals surface area contributed by atoms with Crippen LogP contribution in [-0.4, -0.2) is 6.04 Å². The smallest absolute Gasteiger partial charge is 0.123 e.